The van der Waals surface area contributed by atoms with Gasteiger partial charge in [0.05, 0.1) is 12.6 Å². The molecular weight excluding hydrogens is 344 g/mol. The number of rotatable bonds is 5. The molecule has 0 saturated carbocycles. The van der Waals surface area contributed by atoms with E-state index in [0.29, 0.717) is 23.0 Å². The Hall–Kier alpha value is -2.39. The number of benzene rings is 1. The van der Waals surface area contributed by atoms with Gasteiger partial charge in [-0.25, -0.2) is 9.48 Å². The molecule has 1 unspecified atom stereocenters. The van der Waals surface area contributed by atoms with Crippen LogP contribution in [0.1, 0.15) is 18.4 Å². The molecule has 0 radical (unpaired) electrons. The van der Waals surface area contributed by atoms with E-state index in [0.717, 1.165) is 30.4 Å². The van der Waals surface area contributed by atoms with Crippen LogP contribution in [0.5, 0.6) is 5.75 Å². The van der Waals surface area contributed by atoms with Crippen molar-refractivity contribution in [3.05, 3.63) is 40.2 Å². The van der Waals surface area contributed by atoms with Crippen LogP contribution in [0.15, 0.2) is 38.6 Å². The van der Waals surface area contributed by atoms with Crippen LogP contribution in [0, 0.1) is 0 Å². The number of hydrogen-bond donors (Lipinski definition) is 1. The van der Waals surface area contributed by atoms with E-state index >= 15 is 0 Å². The molecule has 1 atom stereocenters. The number of tetrazole rings is 1. The molecule has 25 heavy (non-hydrogen) atoms. The summed E-state index contributed by atoms with van der Waals surface area (Å²) in [5.74, 6) is 0.569. The summed E-state index contributed by atoms with van der Waals surface area (Å²) in [4.78, 5) is 11.8. The molecule has 2 aromatic heterocycles. The zero-order valence-corrected chi connectivity index (χ0v) is 14.1. The smallest absolute Gasteiger partial charge is 0.336 e. The van der Waals surface area contributed by atoms with Crippen molar-refractivity contribution >= 4 is 22.7 Å². The van der Waals surface area contributed by atoms with Crippen LogP contribution in [-0.4, -0.2) is 38.0 Å². The molecule has 1 aliphatic heterocycles. The highest BCUT2D eigenvalue weighted by Crippen LogP contribution is 2.27. The van der Waals surface area contributed by atoms with E-state index in [1.54, 1.807) is 16.8 Å². The number of aromatic nitrogens is 4. The molecule has 1 fully saturated rings. The van der Waals surface area contributed by atoms with E-state index in [4.69, 9.17) is 9.15 Å². The lowest BCUT2D eigenvalue weighted by atomic mass is 10.1. The minimum atomic E-state index is -0.451. The number of ether oxygens (including phenoxy) is 1. The fourth-order valence-electron chi connectivity index (χ4n) is 2.88. The first-order valence-corrected chi connectivity index (χ1v) is 8.94. The van der Waals surface area contributed by atoms with Gasteiger partial charge < -0.3 is 14.3 Å². The Morgan fingerprint density at radius 3 is 3.12 bits per heavy atom. The topological polar surface area (TPSA) is 103 Å². The van der Waals surface area contributed by atoms with Crippen LogP contribution in [-0.2, 0) is 17.0 Å². The first-order chi connectivity index (χ1) is 12.2. The van der Waals surface area contributed by atoms with Crippen LogP contribution in [0.3, 0.4) is 0 Å². The monoisotopic (exact) mass is 360 g/mol. The van der Waals surface area contributed by atoms with E-state index < -0.39 is 5.63 Å². The van der Waals surface area contributed by atoms with E-state index in [1.807, 2.05) is 0 Å². The predicted molar refractivity (Wildman–Crippen MR) is 90.5 cm³/mol. The van der Waals surface area contributed by atoms with Crippen molar-refractivity contribution < 1.29 is 14.3 Å². The summed E-state index contributed by atoms with van der Waals surface area (Å²) in [6, 6.07) is 6.20. The molecule has 0 aliphatic carbocycles. The van der Waals surface area contributed by atoms with Crippen LogP contribution in [0.4, 0.5) is 0 Å². The van der Waals surface area contributed by atoms with Crippen molar-refractivity contribution in [1.82, 2.24) is 20.2 Å². The van der Waals surface area contributed by atoms with Crippen molar-refractivity contribution in [2.24, 2.45) is 0 Å². The molecule has 4 rings (SSSR count). The zero-order valence-electron chi connectivity index (χ0n) is 13.3. The summed E-state index contributed by atoms with van der Waals surface area (Å²) >= 11 is 1.45. The normalized spacial score (nSPS) is 17.4. The van der Waals surface area contributed by atoms with Gasteiger partial charge in [-0.05, 0) is 41.0 Å². The summed E-state index contributed by atoms with van der Waals surface area (Å²) in [6.07, 6.45) is 2.22. The van der Waals surface area contributed by atoms with Gasteiger partial charge in [-0.3, -0.25) is 0 Å². The van der Waals surface area contributed by atoms with Gasteiger partial charge >= 0.3 is 5.63 Å². The summed E-state index contributed by atoms with van der Waals surface area (Å²) < 4.78 is 12.5. The summed E-state index contributed by atoms with van der Waals surface area (Å²) in [5, 5.41) is 22.8. The number of phenolic OH excluding ortho intramolecular Hbond substituents is 1. The number of nitrogens with zero attached hydrogens (tertiary/aromatic N) is 4. The molecule has 0 bridgehead atoms. The lowest BCUT2D eigenvalue weighted by Crippen LogP contribution is -2.16. The third-order valence-corrected chi connectivity index (χ3v) is 5.08. The van der Waals surface area contributed by atoms with Crippen LogP contribution < -0.4 is 5.63 Å². The Morgan fingerprint density at radius 2 is 2.28 bits per heavy atom. The Labute approximate surface area is 146 Å². The maximum atomic E-state index is 11.8. The Kier molecular flexibility index (Phi) is 4.41. The summed E-state index contributed by atoms with van der Waals surface area (Å²) in [5.41, 5.74) is 0.720. The SMILES string of the molecule is O=c1cc(CSc2nnnn2CC2CCCO2)c2ccc(O)cc2o1. The van der Waals surface area contributed by atoms with E-state index in [9.17, 15) is 9.90 Å². The van der Waals surface area contributed by atoms with E-state index in [2.05, 4.69) is 15.5 Å². The van der Waals surface area contributed by atoms with Gasteiger partial charge in [-0.1, -0.05) is 11.8 Å². The molecule has 130 valence electrons. The van der Waals surface area contributed by atoms with Crippen molar-refractivity contribution in [3.8, 4) is 5.75 Å². The second-order valence-corrected chi connectivity index (χ2v) is 6.78. The van der Waals surface area contributed by atoms with E-state index in [-0.39, 0.29) is 11.9 Å². The van der Waals surface area contributed by atoms with Gasteiger partial charge in [0.1, 0.15) is 11.3 Å². The molecule has 1 saturated heterocycles. The molecule has 8 nitrogen and oxygen atoms in total. The first kappa shape index (κ1) is 16.1. The lowest BCUT2D eigenvalue weighted by molar-refractivity contribution is 0.0912. The predicted octanol–water partition coefficient (Wildman–Crippen LogP) is 1.96. The Bertz CT molecular complexity index is 949. The Morgan fingerprint density at radius 1 is 1.36 bits per heavy atom. The highest BCUT2D eigenvalue weighted by Gasteiger charge is 2.19. The highest BCUT2D eigenvalue weighted by molar-refractivity contribution is 7.98. The van der Waals surface area contributed by atoms with Crippen molar-refractivity contribution in [1.29, 1.82) is 0 Å². The molecular formula is C16H16N4O4S. The van der Waals surface area contributed by atoms with Crippen molar-refractivity contribution in [3.63, 3.8) is 0 Å². The van der Waals surface area contributed by atoms with Gasteiger partial charge in [0.25, 0.3) is 0 Å². The number of hydrogen-bond acceptors (Lipinski definition) is 8. The van der Waals surface area contributed by atoms with Crippen LogP contribution in [0.25, 0.3) is 11.0 Å². The number of phenols is 1. The maximum absolute atomic E-state index is 11.8. The molecule has 9 heteroatoms. The van der Waals surface area contributed by atoms with Gasteiger partial charge in [0.15, 0.2) is 0 Å². The summed E-state index contributed by atoms with van der Waals surface area (Å²) in [6.45, 7) is 1.41. The van der Waals surface area contributed by atoms with Crippen LogP contribution >= 0.6 is 11.8 Å². The second kappa shape index (κ2) is 6.85. The lowest BCUT2D eigenvalue weighted by Gasteiger charge is -2.10. The van der Waals surface area contributed by atoms with Crippen molar-refractivity contribution in [2.75, 3.05) is 6.61 Å². The third kappa shape index (κ3) is 3.52. The fraction of sp³-hybridized carbons (Fsp3) is 0.375. The molecule has 0 spiro atoms. The molecule has 1 aromatic carbocycles. The average Bonchev–Trinajstić information content (AvgIpc) is 3.24. The first-order valence-electron chi connectivity index (χ1n) is 7.95. The highest BCUT2D eigenvalue weighted by atomic mass is 32.2. The third-order valence-electron chi connectivity index (χ3n) is 4.07. The summed E-state index contributed by atoms with van der Waals surface area (Å²) in [7, 11) is 0. The van der Waals surface area contributed by atoms with Gasteiger partial charge in [0, 0.05) is 29.9 Å². The number of aromatic hydroxyl groups is 1. The average molecular weight is 360 g/mol. The number of thioether (sulfide) groups is 1. The molecule has 1 aliphatic rings. The molecule has 1 N–H and O–H groups in total. The minimum Gasteiger partial charge on any atom is -0.508 e. The van der Waals surface area contributed by atoms with Gasteiger partial charge in [-0.15, -0.1) is 5.10 Å². The number of fused-ring (bicyclic) bond motifs is 1. The molecule has 3 heterocycles. The largest absolute Gasteiger partial charge is 0.508 e. The second-order valence-electron chi connectivity index (χ2n) is 5.84. The van der Waals surface area contributed by atoms with Crippen LogP contribution in [0.2, 0.25) is 0 Å². The van der Waals surface area contributed by atoms with Gasteiger partial charge in [0.2, 0.25) is 5.16 Å². The van der Waals surface area contributed by atoms with Crippen molar-refractivity contribution in [2.45, 2.75) is 36.4 Å². The quantitative estimate of drug-likeness (QED) is 0.544. The van der Waals surface area contributed by atoms with Gasteiger partial charge in [-0.2, -0.15) is 0 Å². The Balaban J connectivity index is 1.55. The molecule has 3 aromatic rings. The maximum Gasteiger partial charge on any atom is 0.336 e. The van der Waals surface area contributed by atoms with E-state index in [1.165, 1.54) is 23.9 Å². The molecule has 0 amide bonds. The fourth-order valence-corrected chi connectivity index (χ4v) is 3.75. The minimum absolute atomic E-state index is 0.0564. The standard InChI is InChI=1S/C16H16N4O4S/c21-11-3-4-13-10(6-15(22)24-14(13)7-11)9-25-16-17-18-19-20(16)8-12-2-1-5-23-12/h3-4,6-7,12,21H,1-2,5,8-9H2. The zero-order chi connectivity index (χ0) is 17.2.